The lowest BCUT2D eigenvalue weighted by molar-refractivity contribution is -0.169. The number of rotatable bonds is 3. The molecule has 5 N–H and O–H groups in total. The van der Waals surface area contributed by atoms with Crippen LogP contribution in [0.15, 0.2) is 12.7 Å². The van der Waals surface area contributed by atoms with Gasteiger partial charge in [-0.15, -0.1) is 4.73 Å². The van der Waals surface area contributed by atoms with E-state index >= 15 is 0 Å². The van der Waals surface area contributed by atoms with Crippen molar-refractivity contribution in [1.29, 1.82) is 0 Å². The summed E-state index contributed by atoms with van der Waals surface area (Å²) in [5.41, 5.74) is 6.28. The van der Waals surface area contributed by atoms with Gasteiger partial charge >= 0.3 is 0 Å². The van der Waals surface area contributed by atoms with Crippen LogP contribution in [0.4, 0.5) is 5.82 Å². The molecule has 20 heavy (non-hydrogen) atoms. The highest BCUT2D eigenvalue weighted by Crippen LogP contribution is 2.21. The molecule has 4 atom stereocenters. The average Bonchev–Trinajstić information content (AvgIpc) is 2.97. The fourth-order valence-electron chi connectivity index (χ4n) is 1.97. The van der Waals surface area contributed by atoms with Crippen molar-refractivity contribution >= 4 is 17.0 Å². The van der Waals surface area contributed by atoms with E-state index in [1.165, 1.54) is 12.7 Å². The number of fused-ring (bicyclic) bond motifs is 1. The second-order valence-electron chi connectivity index (χ2n) is 4.31. The molecule has 1 aliphatic heterocycles. The van der Waals surface area contributed by atoms with E-state index in [1.807, 2.05) is 0 Å². The molecule has 0 unspecified atom stereocenters. The van der Waals surface area contributed by atoms with Gasteiger partial charge in [0.15, 0.2) is 11.3 Å². The molecule has 0 spiro atoms. The van der Waals surface area contributed by atoms with Gasteiger partial charge in [0, 0.05) is 0 Å². The van der Waals surface area contributed by atoms with Gasteiger partial charge in [0.25, 0.3) is 6.29 Å². The number of nitrogens with zero attached hydrogens (tertiary/aromatic N) is 4. The van der Waals surface area contributed by atoms with Crippen molar-refractivity contribution < 1.29 is 24.9 Å². The van der Waals surface area contributed by atoms with Gasteiger partial charge in [-0.3, -0.25) is 0 Å². The number of aliphatic hydroxyl groups excluding tert-OH is 3. The van der Waals surface area contributed by atoms with Gasteiger partial charge in [-0.1, -0.05) is 0 Å². The lowest BCUT2D eigenvalue weighted by atomic mass is 10.1. The van der Waals surface area contributed by atoms with E-state index < -0.39 is 31.2 Å². The van der Waals surface area contributed by atoms with Crippen molar-refractivity contribution in [3.8, 4) is 0 Å². The van der Waals surface area contributed by atoms with Crippen molar-refractivity contribution in [2.75, 3.05) is 12.3 Å². The molecule has 10 heteroatoms. The summed E-state index contributed by atoms with van der Waals surface area (Å²) in [7, 11) is 0. The summed E-state index contributed by atoms with van der Waals surface area (Å²) in [6.07, 6.45) is -2.07. The Morgan fingerprint density at radius 3 is 2.80 bits per heavy atom. The Morgan fingerprint density at radius 1 is 1.30 bits per heavy atom. The number of anilines is 1. The van der Waals surface area contributed by atoms with Gasteiger partial charge in [-0.25, -0.2) is 15.0 Å². The second kappa shape index (κ2) is 4.83. The van der Waals surface area contributed by atoms with Crippen LogP contribution in [0.25, 0.3) is 11.2 Å². The molecular formula is C10H13N5O5. The molecular weight excluding hydrogens is 270 g/mol. The first-order valence-electron chi connectivity index (χ1n) is 5.85. The van der Waals surface area contributed by atoms with Gasteiger partial charge in [0.05, 0.1) is 6.61 Å². The average molecular weight is 283 g/mol. The number of nitrogen functional groups attached to an aromatic ring is 1. The van der Waals surface area contributed by atoms with Crippen LogP contribution in [-0.2, 0) is 4.74 Å². The molecule has 1 saturated heterocycles. The van der Waals surface area contributed by atoms with Crippen molar-refractivity contribution in [3.05, 3.63) is 12.7 Å². The van der Waals surface area contributed by atoms with Crippen molar-refractivity contribution in [2.45, 2.75) is 24.6 Å². The Bertz CT molecular complexity index is 619. The van der Waals surface area contributed by atoms with Crippen LogP contribution >= 0.6 is 0 Å². The lowest BCUT2D eigenvalue weighted by Gasteiger charge is -2.16. The van der Waals surface area contributed by atoms with E-state index in [1.54, 1.807) is 0 Å². The van der Waals surface area contributed by atoms with Crippen LogP contribution in [0, 0.1) is 0 Å². The summed E-state index contributed by atoms with van der Waals surface area (Å²) in [4.78, 5) is 17.1. The third-order valence-electron chi connectivity index (χ3n) is 3.05. The monoisotopic (exact) mass is 283 g/mol. The minimum atomic E-state index is -1.30. The fourth-order valence-corrected chi connectivity index (χ4v) is 1.97. The largest absolute Gasteiger partial charge is 0.394 e. The first-order chi connectivity index (χ1) is 9.61. The molecule has 3 rings (SSSR count). The van der Waals surface area contributed by atoms with E-state index in [0.29, 0.717) is 11.2 Å². The minimum Gasteiger partial charge on any atom is -0.394 e. The number of hydrogen-bond acceptors (Lipinski definition) is 9. The second-order valence-corrected chi connectivity index (χ2v) is 4.31. The molecule has 1 aliphatic rings. The van der Waals surface area contributed by atoms with Gasteiger partial charge < -0.3 is 30.6 Å². The summed E-state index contributed by atoms with van der Waals surface area (Å²) in [6.45, 7) is -0.433. The highest BCUT2D eigenvalue weighted by atomic mass is 16.8. The zero-order valence-electron chi connectivity index (χ0n) is 10.2. The number of imidazole rings is 1. The van der Waals surface area contributed by atoms with E-state index in [-0.39, 0.29) is 5.82 Å². The predicted octanol–water partition coefficient (Wildman–Crippen LogP) is -2.72. The van der Waals surface area contributed by atoms with E-state index in [0.717, 1.165) is 4.73 Å². The molecule has 0 aromatic carbocycles. The number of nitrogens with two attached hydrogens (primary N) is 1. The van der Waals surface area contributed by atoms with Gasteiger partial charge in [-0.2, -0.15) is 0 Å². The van der Waals surface area contributed by atoms with Crippen LogP contribution in [0.1, 0.15) is 0 Å². The fraction of sp³-hybridized carbons (Fsp3) is 0.500. The quantitative estimate of drug-likeness (QED) is 0.471. The third kappa shape index (κ3) is 1.94. The molecule has 1 fully saturated rings. The van der Waals surface area contributed by atoms with Gasteiger partial charge in [-0.05, 0) is 0 Å². The summed E-state index contributed by atoms with van der Waals surface area (Å²) in [5.74, 6) is 0.193. The molecule has 0 amide bonds. The molecule has 2 aromatic heterocycles. The third-order valence-corrected chi connectivity index (χ3v) is 3.05. The predicted molar refractivity (Wildman–Crippen MR) is 64.1 cm³/mol. The SMILES string of the molecule is Nc1ncnc2c1ncn2O[C@H]1O[C@H](CO)[C@@H](O)[C@@H]1O. The molecule has 10 nitrogen and oxygen atoms in total. The Kier molecular flexibility index (Phi) is 3.14. The molecule has 108 valence electrons. The van der Waals surface area contributed by atoms with Gasteiger partial charge in [0.2, 0.25) is 5.65 Å². The zero-order valence-corrected chi connectivity index (χ0v) is 10.2. The maximum absolute atomic E-state index is 9.78. The molecule has 3 heterocycles. The topological polar surface area (TPSA) is 149 Å². The summed E-state index contributed by atoms with van der Waals surface area (Å²) < 4.78 is 6.35. The van der Waals surface area contributed by atoms with E-state index in [2.05, 4.69) is 15.0 Å². The maximum atomic E-state index is 9.78. The van der Waals surface area contributed by atoms with Crippen LogP contribution < -0.4 is 10.6 Å². The Morgan fingerprint density at radius 2 is 2.10 bits per heavy atom. The first kappa shape index (κ1) is 13.0. The van der Waals surface area contributed by atoms with Crippen LogP contribution in [-0.4, -0.2) is 66.2 Å². The standard InChI is InChI=1S/C10H13N5O5/c11-8-5-9(13-2-12-8)15(3-14-5)20-10-7(18)6(17)4(1-16)19-10/h2-4,6-7,10,16-18H,1H2,(H2,11,12,13)/t4-,6-,7+,10-/m1/s1. The highest BCUT2D eigenvalue weighted by molar-refractivity contribution is 5.80. The first-order valence-corrected chi connectivity index (χ1v) is 5.85. The molecule has 0 aliphatic carbocycles. The Labute approximate surface area is 112 Å². The van der Waals surface area contributed by atoms with Crippen molar-refractivity contribution in [1.82, 2.24) is 19.7 Å². The lowest BCUT2D eigenvalue weighted by Crippen LogP contribution is -2.38. The molecule has 0 saturated carbocycles. The minimum absolute atomic E-state index is 0.193. The number of hydrogen-bond donors (Lipinski definition) is 4. The normalized spacial score (nSPS) is 29.9. The maximum Gasteiger partial charge on any atom is 0.254 e. The van der Waals surface area contributed by atoms with E-state index in [4.69, 9.17) is 20.4 Å². The molecule has 0 bridgehead atoms. The summed E-state index contributed by atoms with van der Waals surface area (Å²) >= 11 is 0. The Balaban J connectivity index is 1.85. The smallest absolute Gasteiger partial charge is 0.254 e. The van der Waals surface area contributed by atoms with E-state index in [9.17, 15) is 10.2 Å². The number of aliphatic hydroxyl groups is 3. The molecule has 0 radical (unpaired) electrons. The summed E-state index contributed by atoms with van der Waals surface area (Å²) in [6, 6.07) is 0. The zero-order chi connectivity index (χ0) is 14.3. The van der Waals surface area contributed by atoms with Crippen LogP contribution in [0.5, 0.6) is 0 Å². The highest BCUT2D eigenvalue weighted by Gasteiger charge is 2.44. The Hall–Kier alpha value is -2.01. The number of aromatic nitrogens is 4. The van der Waals surface area contributed by atoms with Crippen LogP contribution in [0.2, 0.25) is 0 Å². The van der Waals surface area contributed by atoms with Gasteiger partial charge in [0.1, 0.15) is 31.0 Å². The van der Waals surface area contributed by atoms with Crippen molar-refractivity contribution in [2.24, 2.45) is 0 Å². The van der Waals surface area contributed by atoms with Crippen LogP contribution in [0.3, 0.4) is 0 Å². The van der Waals surface area contributed by atoms with Crippen molar-refractivity contribution in [3.63, 3.8) is 0 Å². The number of ether oxygens (including phenoxy) is 1. The summed E-state index contributed by atoms with van der Waals surface area (Å²) in [5, 5.41) is 28.4. The molecule has 2 aromatic rings.